The minimum atomic E-state index is -0.0671. The molecule has 0 aromatic carbocycles. The Hall–Kier alpha value is 1.06. The number of hydrogen-bond acceptors (Lipinski definition) is 1. The second-order valence-corrected chi connectivity index (χ2v) is 8.94. The fourth-order valence-corrected chi connectivity index (χ4v) is 5.37. The predicted molar refractivity (Wildman–Crippen MR) is 69.7 cm³/mol. The van der Waals surface area contributed by atoms with Gasteiger partial charge < -0.3 is 4.74 Å². The van der Waals surface area contributed by atoms with Crippen LogP contribution in [0.2, 0.25) is 10.0 Å². The summed E-state index contributed by atoms with van der Waals surface area (Å²) in [7, 11) is 0. The van der Waals surface area contributed by atoms with Gasteiger partial charge in [-0.1, -0.05) is 0 Å². The van der Waals surface area contributed by atoms with E-state index in [1.54, 1.807) is 10.0 Å². The Labute approximate surface area is 114 Å². The van der Waals surface area contributed by atoms with Crippen LogP contribution in [-0.2, 0) is 21.9 Å². The second kappa shape index (κ2) is 13.1. The van der Waals surface area contributed by atoms with Crippen molar-refractivity contribution in [1.82, 2.24) is 0 Å². The molecule has 1 heterocycles. The molecule has 3 heteroatoms. The fraction of sp³-hybridized carbons (Fsp3) is 1.00. The molecule has 1 aliphatic rings. The van der Waals surface area contributed by atoms with E-state index in [1.807, 2.05) is 0 Å². The molecular formula is C12H27BrOZn. The van der Waals surface area contributed by atoms with Crippen LogP contribution in [0.25, 0.3) is 0 Å². The average Bonchev–Trinajstić information content (AvgIpc) is 2.58. The Morgan fingerprint density at radius 1 is 0.933 bits per heavy atom. The van der Waals surface area contributed by atoms with Gasteiger partial charge in [-0.3, -0.25) is 0 Å². The Balaban J connectivity index is 0. The molecule has 0 saturated carbocycles. The number of rotatable bonds is 4. The molecule has 15 heavy (non-hydrogen) atoms. The molecule has 0 radical (unpaired) electrons. The molecule has 90 valence electrons. The van der Waals surface area contributed by atoms with Crippen LogP contribution in [0, 0.1) is 11.8 Å². The summed E-state index contributed by atoms with van der Waals surface area (Å²) in [5, 5.41) is 3.18. The van der Waals surface area contributed by atoms with Gasteiger partial charge in [0.15, 0.2) is 0 Å². The standard InChI is InChI=1S/C4H8O.2C4H9.BrH.Zn/c1-2-4-5-3-1;2*1-4(2)3;;/h1-4H2;2*4H,1H2,2-3H3;1H;. The van der Waals surface area contributed by atoms with Crippen LogP contribution < -0.4 is 0 Å². The van der Waals surface area contributed by atoms with Gasteiger partial charge >= 0.3 is 66.7 Å². The quantitative estimate of drug-likeness (QED) is 0.684. The Bertz CT molecular complexity index is 98.6. The molecule has 0 spiro atoms. The van der Waals surface area contributed by atoms with Gasteiger partial charge in [-0.2, -0.15) is 0 Å². The third kappa shape index (κ3) is 17.7. The monoisotopic (exact) mass is 330 g/mol. The Kier molecular flexibility index (Phi) is 16.1. The number of halogens is 1. The first kappa shape index (κ1) is 18.4. The van der Waals surface area contributed by atoms with E-state index >= 15 is 0 Å². The summed E-state index contributed by atoms with van der Waals surface area (Å²) >= 11 is -0.0671. The third-order valence-corrected chi connectivity index (χ3v) is 8.95. The average molecular weight is 333 g/mol. The molecule has 0 bridgehead atoms. The van der Waals surface area contributed by atoms with Gasteiger partial charge in [0.25, 0.3) is 0 Å². The molecule has 0 unspecified atom stereocenters. The summed E-state index contributed by atoms with van der Waals surface area (Å²) in [5.74, 6) is 1.95. The van der Waals surface area contributed by atoms with Gasteiger partial charge in [-0.25, -0.2) is 0 Å². The first-order chi connectivity index (χ1) is 6.63. The van der Waals surface area contributed by atoms with Gasteiger partial charge in [0.1, 0.15) is 0 Å². The van der Waals surface area contributed by atoms with Gasteiger partial charge in [-0.05, 0) is 12.8 Å². The first-order valence-corrected chi connectivity index (χ1v) is 10.4. The maximum atomic E-state index is 4.94. The summed E-state index contributed by atoms with van der Waals surface area (Å²) < 4.78 is 4.94. The van der Waals surface area contributed by atoms with Crippen LogP contribution in [0.5, 0.6) is 0 Å². The van der Waals surface area contributed by atoms with E-state index < -0.39 is 0 Å². The summed E-state index contributed by atoms with van der Waals surface area (Å²) in [5.41, 5.74) is 0. The van der Waals surface area contributed by atoms with Crippen molar-refractivity contribution in [2.75, 3.05) is 13.2 Å². The molecule has 0 N–H and O–H groups in total. The van der Waals surface area contributed by atoms with Crippen LogP contribution in [0.15, 0.2) is 0 Å². The molecule has 0 atom stereocenters. The zero-order chi connectivity index (χ0) is 10.8. The van der Waals surface area contributed by atoms with Gasteiger partial charge in [0, 0.05) is 13.2 Å². The van der Waals surface area contributed by atoms with E-state index in [1.165, 1.54) is 12.8 Å². The van der Waals surface area contributed by atoms with Crippen LogP contribution in [0.3, 0.4) is 0 Å². The number of hydrogen-bond donors (Lipinski definition) is 0. The van der Waals surface area contributed by atoms with Crippen molar-refractivity contribution < 1.29 is 21.9 Å². The van der Waals surface area contributed by atoms with E-state index in [-0.39, 0.29) is 34.1 Å². The van der Waals surface area contributed by atoms with Crippen molar-refractivity contribution in [3.05, 3.63) is 0 Å². The molecule has 1 fully saturated rings. The minimum absolute atomic E-state index is 0. The fourth-order valence-electron chi connectivity index (χ4n) is 1.44. The Morgan fingerprint density at radius 3 is 1.53 bits per heavy atom. The maximum absolute atomic E-state index is 4.94. The molecule has 0 aromatic rings. The summed E-state index contributed by atoms with van der Waals surface area (Å²) in [6.45, 7) is 11.4. The van der Waals surface area contributed by atoms with Crippen LogP contribution in [0.4, 0.5) is 0 Å². The van der Waals surface area contributed by atoms with Crippen molar-refractivity contribution in [2.24, 2.45) is 11.8 Å². The van der Waals surface area contributed by atoms with E-state index in [9.17, 15) is 0 Å². The van der Waals surface area contributed by atoms with Crippen molar-refractivity contribution in [1.29, 1.82) is 0 Å². The van der Waals surface area contributed by atoms with Crippen molar-refractivity contribution in [2.45, 2.75) is 50.6 Å². The normalized spacial score (nSPS) is 14.3. The topological polar surface area (TPSA) is 9.23 Å². The van der Waals surface area contributed by atoms with Crippen molar-refractivity contribution >= 4 is 17.0 Å². The molecule has 1 nitrogen and oxygen atoms in total. The third-order valence-electron chi connectivity index (χ3n) is 2.39. The number of ether oxygens (including phenoxy) is 1. The Morgan fingerprint density at radius 2 is 1.33 bits per heavy atom. The summed E-state index contributed by atoms with van der Waals surface area (Å²) in [6.07, 6.45) is 2.56. The molecule has 1 aliphatic heterocycles. The first-order valence-electron chi connectivity index (χ1n) is 6.20. The van der Waals surface area contributed by atoms with Crippen LogP contribution >= 0.6 is 17.0 Å². The van der Waals surface area contributed by atoms with Crippen molar-refractivity contribution in [3.8, 4) is 0 Å². The van der Waals surface area contributed by atoms with Gasteiger partial charge in [0.05, 0.1) is 0 Å². The second-order valence-electron chi connectivity index (χ2n) is 5.04. The van der Waals surface area contributed by atoms with Gasteiger partial charge in [-0.15, -0.1) is 17.0 Å². The summed E-state index contributed by atoms with van der Waals surface area (Å²) in [6, 6.07) is 0. The molecule has 0 amide bonds. The van der Waals surface area contributed by atoms with E-state index in [0.717, 1.165) is 25.0 Å². The van der Waals surface area contributed by atoms with Crippen molar-refractivity contribution in [3.63, 3.8) is 0 Å². The summed E-state index contributed by atoms with van der Waals surface area (Å²) in [4.78, 5) is 0. The van der Waals surface area contributed by atoms with E-state index in [4.69, 9.17) is 4.74 Å². The van der Waals surface area contributed by atoms with E-state index in [0.29, 0.717) is 0 Å². The molecular weight excluding hydrogens is 305 g/mol. The molecule has 0 aliphatic carbocycles. The zero-order valence-electron chi connectivity index (χ0n) is 10.9. The SMILES string of the molecule is Br.C1CCOC1.CC(C)[CH2][Zn][CH2]C(C)C. The van der Waals surface area contributed by atoms with Gasteiger partial charge in [0.2, 0.25) is 0 Å². The van der Waals surface area contributed by atoms with Crippen LogP contribution in [-0.4, -0.2) is 13.2 Å². The predicted octanol–water partition coefficient (Wildman–Crippen LogP) is 4.59. The van der Waals surface area contributed by atoms with E-state index in [2.05, 4.69) is 27.7 Å². The van der Waals surface area contributed by atoms with Crippen LogP contribution in [0.1, 0.15) is 40.5 Å². The molecule has 0 aromatic heterocycles. The zero-order valence-corrected chi connectivity index (χ0v) is 15.6. The molecule has 1 saturated heterocycles. The molecule has 1 rings (SSSR count).